The van der Waals surface area contributed by atoms with Gasteiger partial charge in [0.15, 0.2) is 5.11 Å². The highest BCUT2D eigenvalue weighted by atomic mass is 35.5. The van der Waals surface area contributed by atoms with E-state index in [1.54, 1.807) is 24.4 Å². The largest absolute Gasteiger partial charge is 0.506 e. The fourth-order valence-corrected chi connectivity index (χ4v) is 5.63. The van der Waals surface area contributed by atoms with Crippen molar-refractivity contribution in [2.45, 2.75) is 25.9 Å². The molecule has 2 atom stereocenters. The molecule has 8 nitrogen and oxygen atoms in total. The van der Waals surface area contributed by atoms with Crippen LogP contribution in [0.1, 0.15) is 34.7 Å². The molecule has 1 amide bonds. The lowest BCUT2D eigenvalue weighted by Crippen LogP contribution is -2.29. The van der Waals surface area contributed by atoms with Crippen molar-refractivity contribution >= 4 is 46.2 Å². The molecule has 0 spiro atoms. The minimum Gasteiger partial charge on any atom is -0.506 e. The number of aryl methyl sites for hydroxylation is 1. The Labute approximate surface area is 237 Å². The Morgan fingerprint density at radius 2 is 1.92 bits per heavy atom. The number of pyridine rings is 1. The monoisotopic (exact) mass is 561 g/mol. The quantitative estimate of drug-likeness (QED) is 0.253. The second-order valence-corrected chi connectivity index (χ2v) is 10.1. The van der Waals surface area contributed by atoms with Gasteiger partial charge < -0.3 is 29.9 Å². The van der Waals surface area contributed by atoms with Crippen molar-refractivity contribution in [1.82, 2.24) is 14.9 Å². The zero-order valence-corrected chi connectivity index (χ0v) is 23.3. The standard InChI is InChI=1S/C29H28ClN5O3S/c1-17-14-22(18(2)34(17)24-15-19(30)7-12-25(24)36)28-27(23-6-4-5-13-31-23)33-29(39)35(28)21-10-8-20(9-11-21)32-26(37)16-38-3/h4-15,27-28,36H,16H2,1-3H3,(H,32,37)(H,33,39). The number of methoxy groups -OCH3 is 1. The van der Waals surface area contributed by atoms with E-state index in [4.69, 9.17) is 28.6 Å². The Kier molecular flexibility index (Phi) is 7.56. The minimum atomic E-state index is -0.248. The number of phenols is 1. The van der Waals surface area contributed by atoms with Crippen molar-refractivity contribution in [3.63, 3.8) is 0 Å². The highest BCUT2D eigenvalue weighted by molar-refractivity contribution is 7.80. The SMILES string of the molecule is COCC(=O)Nc1ccc(N2C(=S)NC(c3ccccn3)C2c2cc(C)n(-c3cc(Cl)ccc3O)c2C)cc1. The zero-order valence-electron chi connectivity index (χ0n) is 21.7. The van der Waals surface area contributed by atoms with E-state index in [1.807, 2.05) is 60.9 Å². The van der Waals surface area contributed by atoms with Crippen molar-refractivity contribution in [2.75, 3.05) is 23.9 Å². The molecule has 200 valence electrons. The number of anilines is 2. The van der Waals surface area contributed by atoms with E-state index in [1.165, 1.54) is 7.11 Å². The molecule has 0 saturated carbocycles. The summed E-state index contributed by atoms with van der Waals surface area (Å²) < 4.78 is 6.90. The van der Waals surface area contributed by atoms with Gasteiger partial charge in [-0.25, -0.2) is 0 Å². The highest BCUT2D eigenvalue weighted by Gasteiger charge is 2.42. The lowest BCUT2D eigenvalue weighted by atomic mass is 9.96. The van der Waals surface area contributed by atoms with Crippen molar-refractivity contribution in [3.05, 3.63) is 101 Å². The minimum absolute atomic E-state index is 0.0203. The fraction of sp³-hybridized carbons (Fsp3) is 0.207. The summed E-state index contributed by atoms with van der Waals surface area (Å²) in [5.41, 5.74) is 5.88. The molecule has 0 bridgehead atoms. The average molecular weight is 562 g/mol. The molecule has 39 heavy (non-hydrogen) atoms. The lowest BCUT2D eigenvalue weighted by molar-refractivity contribution is -0.119. The number of aromatic nitrogens is 2. The van der Waals surface area contributed by atoms with Gasteiger partial charge in [0.1, 0.15) is 12.4 Å². The first-order chi connectivity index (χ1) is 18.8. The van der Waals surface area contributed by atoms with Gasteiger partial charge in [0.05, 0.1) is 23.5 Å². The maximum Gasteiger partial charge on any atom is 0.250 e. The zero-order chi connectivity index (χ0) is 27.7. The molecule has 10 heteroatoms. The number of benzene rings is 2. The van der Waals surface area contributed by atoms with E-state index >= 15 is 0 Å². The molecular formula is C29H28ClN5O3S. The van der Waals surface area contributed by atoms with Crippen molar-refractivity contribution in [1.29, 1.82) is 0 Å². The second-order valence-electron chi connectivity index (χ2n) is 9.32. The van der Waals surface area contributed by atoms with Crippen LogP contribution in [0.15, 0.2) is 72.9 Å². The molecule has 2 aromatic heterocycles. The first-order valence-electron chi connectivity index (χ1n) is 12.4. The van der Waals surface area contributed by atoms with E-state index < -0.39 is 0 Å². The molecule has 3 heterocycles. The molecule has 1 aliphatic heterocycles. The van der Waals surface area contributed by atoms with Crippen LogP contribution in [0, 0.1) is 13.8 Å². The molecule has 2 aromatic carbocycles. The van der Waals surface area contributed by atoms with Crippen molar-refractivity contribution in [3.8, 4) is 11.4 Å². The summed E-state index contributed by atoms with van der Waals surface area (Å²) in [6, 6.07) is 20.0. The number of amides is 1. The summed E-state index contributed by atoms with van der Waals surface area (Å²) in [5, 5.41) is 18.1. The number of halogens is 1. The second kappa shape index (κ2) is 11.1. The van der Waals surface area contributed by atoms with Gasteiger partial charge in [0, 0.05) is 41.1 Å². The predicted octanol–water partition coefficient (Wildman–Crippen LogP) is 5.61. The van der Waals surface area contributed by atoms with Crippen molar-refractivity contribution in [2.24, 2.45) is 0 Å². The Bertz CT molecular complexity index is 1520. The molecule has 1 fully saturated rings. The summed E-state index contributed by atoms with van der Waals surface area (Å²) in [4.78, 5) is 18.7. The Morgan fingerprint density at radius 1 is 1.15 bits per heavy atom. The van der Waals surface area contributed by atoms with Crippen LogP contribution in [0.4, 0.5) is 11.4 Å². The van der Waals surface area contributed by atoms with Gasteiger partial charge >= 0.3 is 0 Å². The van der Waals surface area contributed by atoms with E-state index in [0.29, 0.717) is 21.5 Å². The summed E-state index contributed by atoms with van der Waals surface area (Å²) in [6.07, 6.45) is 1.77. The summed E-state index contributed by atoms with van der Waals surface area (Å²) in [6.45, 7) is 3.99. The molecule has 1 aliphatic rings. The number of rotatable bonds is 7. The number of hydrogen-bond donors (Lipinski definition) is 3. The molecule has 0 radical (unpaired) electrons. The van der Waals surface area contributed by atoms with E-state index in [2.05, 4.69) is 26.6 Å². The topological polar surface area (TPSA) is 91.7 Å². The third kappa shape index (κ3) is 5.21. The van der Waals surface area contributed by atoms with Gasteiger partial charge in [0.2, 0.25) is 5.91 Å². The number of ether oxygens (including phenoxy) is 1. The fourth-order valence-electron chi connectivity index (χ4n) is 5.12. The van der Waals surface area contributed by atoms with Gasteiger partial charge in [-0.05, 0) is 92.3 Å². The number of thiocarbonyl (C=S) groups is 1. The van der Waals surface area contributed by atoms with E-state index in [9.17, 15) is 9.90 Å². The van der Waals surface area contributed by atoms with Crippen LogP contribution in [0.2, 0.25) is 5.02 Å². The maximum absolute atomic E-state index is 12.0. The molecular weight excluding hydrogens is 534 g/mol. The molecule has 3 N–H and O–H groups in total. The van der Waals surface area contributed by atoms with E-state index in [0.717, 1.165) is 28.3 Å². The molecule has 2 unspecified atom stereocenters. The van der Waals surface area contributed by atoms with Crippen LogP contribution in [-0.2, 0) is 9.53 Å². The third-order valence-electron chi connectivity index (χ3n) is 6.77. The normalized spacial score (nSPS) is 16.8. The molecule has 0 aliphatic carbocycles. The summed E-state index contributed by atoms with van der Waals surface area (Å²) in [7, 11) is 1.48. The number of nitrogens with one attached hydrogen (secondary N) is 2. The number of carbonyl (C=O) groups excluding carboxylic acids is 1. The first kappa shape index (κ1) is 26.7. The van der Waals surface area contributed by atoms with Crippen LogP contribution >= 0.6 is 23.8 Å². The first-order valence-corrected chi connectivity index (χ1v) is 13.1. The van der Waals surface area contributed by atoms with Crippen LogP contribution in [-0.4, -0.2) is 39.4 Å². The Balaban J connectivity index is 1.60. The number of hydrogen-bond acceptors (Lipinski definition) is 5. The smallest absolute Gasteiger partial charge is 0.250 e. The van der Waals surface area contributed by atoms with Crippen LogP contribution < -0.4 is 15.5 Å². The molecule has 4 aromatic rings. The lowest BCUT2D eigenvalue weighted by Gasteiger charge is -2.28. The number of carbonyl (C=O) groups is 1. The number of aromatic hydroxyl groups is 1. The van der Waals surface area contributed by atoms with Gasteiger partial charge in [-0.3, -0.25) is 9.78 Å². The molecule has 5 rings (SSSR count). The van der Waals surface area contributed by atoms with Crippen LogP contribution in [0.3, 0.4) is 0 Å². The third-order valence-corrected chi connectivity index (χ3v) is 7.32. The predicted molar refractivity (Wildman–Crippen MR) is 157 cm³/mol. The summed E-state index contributed by atoms with van der Waals surface area (Å²) in [5.74, 6) is -0.0922. The summed E-state index contributed by atoms with van der Waals surface area (Å²) >= 11 is 12.2. The van der Waals surface area contributed by atoms with Crippen LogP contribution in [0.25, 0.3) is 5.69 Å². The van der Waals surface area contributed by atoms with Crippen molar-refractivity contribution < 1.29 is 14.6 Å². The average Bonchev–Trinajstić information content (AvgIpc) is 3.41. The van der Waals surface area contributed by atoms with Gasteiger partial charge in [-0.2, -0.15) is 0 Å². The maximum atomic E-state index is 12.0. The number of nitrogens with zero attached hydrogens (tertiary/aromatic N) is 3. The van der Waals surface area contributed by atoms with Gasteiger partial charge in [0.25, 0.3) is 0 Å². The molecule has 1 saturated heterocycles. The number of phenolic OH excluding ortho intramolecular Hbond substituents is 1. The van der Waals surface area contributed by atoms with E-state index in [-0.39, 0.29) is 30.3 Å². The van der Waals surface area contributed by atoms with Gasteiger partial charge in [-0.15, -0.1) is 0 Å². The Morgan fingerprint density at radius 3 is 2.62 bits per heavy atom. The Hall–Kier alpha value is -3.92. The highest BCUT2D eigenvalue weighted by Crippen LogP contribution is 2.44. The van der Waals surface area contributed by atoms with Gasteiger partial charge in [-0.1, -0.05) is 17.7 Å². The van der Waals surface area contributed by atoms with Crippen LogP contribution in [0.5, 0.6) is 5.75 Å².